The highest BCUT2D eigenvalue weighted by atomic mass is 16.5. The van der Waals surface area contributed by atoms with Crippen LogP contribution >= 0.6 is 0 Å². The Morgan fingerprint density at radius 1 is 1.50 bits per heavy atom. The normalized spacial score (nSPS) is 12.0. The fourth-order valence-electron chi connectivity index (χ4n) is 1.81. The zero-order valence-corrected chi connectivity index (χ0v) is 11.1. The lowest BCUT2D eigenvalue weighted by Crippen LogP contribution is -2.36. The van der Waals surface area contributed by atoms with Crippen LogP contribution in [0.5, 0.6) is 5.75 Å². The number of benzene rings is 1. The molecule has 0 fully saturated rings. The van der Waals surface area contributed by atoms with Crippen molar-refractivity contribution < 1.29 is 9.53 Å². The number of hydrogen-bond donors (Lipinski definition) is 3. The van der Waals surface area contributed by atoms with Gasteiger partial charge in [0.05, 0.1) is 7.11 Å². The zero-order valence-electron chi connectivity index (χ0n) is 11.1. The van der Waals surface area contributed by atoms with E-state index in [-0.39, 0.29) is 18.4 Å². The molecule has 0 aromatic heterocycles. The number of carbonyl (C=O) groups is 1. The SMILES string of the molecule is CCc1cc(C(N)CC(=O)NNC)ccc1OC. The summed E-state index contributed by atoms with van der Waals surface area (Å²) in [7, 11) is 3.29. The molecule has 0 aliphatic rings. The van der Waals surface area contributed by atoms with Crippen LogP contribution in [-0.4, -0.2) is 20.1 Å². The van der Waals surface area contributed by atoms with E-state index in [1.54, 1.807) is 14.2 Å². The number of aryl methyl sites for hydroxylation is 1. The Hall–Kier alpha value is -1.59. The Bertz CT molecular complexity index is 407. The van der Waals surface area contributed by atoms with E-state index >= 15 is 0 Å². The summed E-state index contributed by atoms with van der Waals surface area (Å²) in [5, 5.41) is 0. The molecule has 0 saturated carbocycles. The lowest BCUT2D eigenvalue weighted by molar-refractivity contribution is -0.122. The number of methoxy groups -OCH3 is 1. The summed E-state index contributed by atoms with van der Waals surface area (Å²) >= 11 is 0. The van der Waals surface area contributed by atoms with Gasteiger partial charge in [-0.05, 0) is 23.6 Å². The van der Waals surface area contributed by atoms with Gasteiger partial charge in [0.1, 0.15) is 5.75 Å². The largest absolute Gasteiger partial charge is 0.496 e. The van der Waals surface area contributed by atoms with Crippen LogP contribution in [0.3, 0.4) is 0 Å². The Kier molecular flexibility index (Phi) is 5.61. The van der Waals surface area contributed by atoms with E-state index in [1.807, 2.05) is 18.2 Å². The van der Waals surface area contributed by atoms with Gasteiger partial charge in [-0.3, -0.25) is 10.2 Å². The fraction of sp³-hybridized carbons (Fsp3) is 0.462. The third-order valence-corrected chi connectivity index (χ3v) is 2.78. The maximum Gasteiger partial charge on any atom is 0.235 e. The summed E-state index contributed by atoms with van der Waals surface area (Å²) in [6.07, 6.45) is 1.11. The highest BCUT2D eigenvalue weighted by Crippen LogP contribution is 2.24. The summed E-state index contributed by atoms with van der Waals surface area (Å²) in [4.78, 5) is 11.4. The molecule has 1 unspecified atom stereocenters. The quantitative estimate of drug-likeness (QED) is 0.656. The van der Waals surface area contributed by atoms with Crippen LogP contribution in [-0.2, 0) is 11.2 Å². The first-order chi connectivity index (χ1) is 8.62. The number of rotatable bonds is 6. The minimum absolute atomic E-state index is 0.126. The molecule has 0 saturated heterocycles. The summed E-state index contributed by atoms with van der Waals surface area (Å²) < 4.78 is 5.26. The van der Waals surface area contributed by atoms with Crippen molar-refractivity contribution in [1.29, 1.82) is 0 Å². The van der Waals surface area contributed by atoms with Crippen molar-refractivity contribution in [1.82, 2.24) is 10.9 Å². The Morgan fingerprint density at radius 2 is 2.22 bits per heavy atom. The molecule has 0 radical (unpaired) electrons. The first kappa shape index (κ1) is 14.5. The number of nitrogens with one attached hydrogen (secondary N) is 2. The molecule has 5 nitrogen and oxygen atoms in total. The second-order valence-electron chi connectivity index (χ2n) is 4.03. The number of hydrogen-bond acceptors (Lipinski definition) is 4. The van der Waals surface area contributed by atoms with Gasteiger partial charge in [0.15, 0.2) is 0 Å². The number of nitrogens with two attached hydrogens (primary N) is 1. The van der Waals surface area contributed by atoms with Crippen molar-refractivity contribution in [3.05, 3.63) is 29.3 Å². The molecule has 5 heteroatoms. The summed E-state index contributed by atoms with van der Waals surface area (Å²) in [6, 6.07) is 5.48. The first-order valence-corrected chi connectivity index (χ1v) is 6.00. The van der Waals surface area contributed by atoms with Gasteiger partial charge in [-0.1, -0.05) is 19.1 Å². The van der Waals surface area contributed by atoms with Crippen LogP contribution in [0, 0.1) is 0 Å². The van der Waals surface area contributed by atoms with Gasteiger partial charge in [0.2, 0.25) is 5.91 Å². The molecular formula is C13H21N3O2. The summed E-state index contributed by atoms with van der Waals surface area (Å²) in [6.45, 7) is 2.06. The Morgan fingerprint density at radius 3 is 2.78 bits per heavy atom. The van der Waals surface area contributed by atoms with Crippen molar-refractivity contribution in [2.45, 2.75) is 25.8 Å². The summed E-state index contributed by atoms with van der Waals surface area (Å²) in [5.41, 5.74) is 13.1. The zero-order chi connectivity index (χ0) is 13.5. The predicted octanol–water partition coefficient (Wildman–Crippen LogP) is 0.898. The second-order valence-corrected chi connectivity index (χ2v) is 4.03. The standard InChI is InChI=1S/C13H21N3O2/c1-4-9-7-10(5-6-12(9)18-3)11(14)8-13(17)16-15-2/h5-7,11,15H,4,8,14H2,1-3H3,(H,16,17). The molecular weight excluding hydrogens is 230 g/mol. The minimum atomic E-state index is -0.311. The minimum Gasteiger partial charge on any atom is -0.496 e. The molecule has 0 aliphatic carbocycles. The molecule has 0 spiro atoms. The molecule has 1 rings (SSSR count). The number of amides is 1. The molecule has 1 aromatic rings. The molecule has 0 heterocycles. The van der Waals surface area contributed by atoms with Crippen molar-refractivity contribution >= 4 is 5.91 Å². The van der Waals surface area contributed by atoms with E-state index in [0.717, 1.165) is 23.3 Å². The Labute approximate surface area is 108 Å². The highest BCUT2D eigenvalue weighted by molar-refractivity contribution is 5.76. The van der Waals surface area contributed by atoms with E-state index in [2.05, 4.69) is 17.8 Å². The summed E-state index contributed by atoms with van der Waals surface area (Å²) in [5.74, 6) is 0.729. The van der Waals surface area contributed by atoms with Crippen molar-refractivity contribution in [2.75, 3.05) is 14.2 Å². The van der Waals surface area contributed by atoms with Crippen LogP contribution in [0.15, 0.2) is 18.2 Å². The third-order valence-electron chi connectivity index (χ3n) is 2.78. The van der Waals surface area contributed by atoms with Crippen LogP contribution in [0.2, 0.25) is 0 Å². The van der Waals surface area contributed by atoms with Gasteiger partial charge in [0, 0.05) is 19.5 Å². The van der Waals surface area contributed by atoms with Gasteiger partial charge in [0.25, 0.3) is 0 Å². The molecule has 1 aromatic carbocycles. The average molecular weight is 251 g/mol. The van der Waals surface area contributed by atoms with Crippen molar-refractivity contribution in [2.24, 2.45) is 5.73 Å². The lowest BCUT2D eigenvalue weighted by atomic mass is 10.00. The number of carbonyl (C=O) groups excluding carboxylic acids is 1. The van der Waals surface area contributed by atoms with Gasteiger partial charge < -0.3 is 10.5 Å². The lowest BCUT2D eigenvalue weighted by Gasteiger charge is -2.14. The van der Waals surface area contributed by atoms with Gasteiger partial charge >= 0.3 is 0 Å². The molecule has 1 amide bonds. The fourth-order valence-corrected chi connectivity index (χ4v) is 1.81. The molecule has 100 valence electrons. The van der Waals surface area contributed by atoms with Gasteiger partial charge in [-0.15, -0.1) is 0 Å². The van der Waals surface area contributed by atoms with Gasteiger partial charge in [-0.25, -0.2) is 5.43 Å². The molecule has 1 atom stereocenters. The number of hydrazine groups is 1. The predicted molar refractivity (Wildman–Crippen MR) is 71.1 cm³/mol. The monoisotopic (exact) mass is 251 g/mol. The molecule has 18 heavy (non-hydrogen) atoms. The topological polar surface area (TPSA) is 76.4 Å². The molecule has 0 bridgehead atoms. The van der Waals surface area contributed by atoms with Crippen LogP contribution in [0.1, 0.15) is 30.5 Å². The maximum absolute atomic E-state index is 11.4. The smallest absolute Gasteiger partial charge is 0.235 e. The Balaban J connectivity index is 2.79. The maximum atomic E-state index is 11.4. The van der Waals surface area contributed by atoms with Crippen LogP contribution < -0.4 is 21.3 Å². The number of ether oxygens (including phenoxy) is 1. The van der Waals surface area contributed by atoms with E-state index < -0.39 is 0 Å². The van der Waals surface area contributed by atoms with E-state index in [0.29, 0.717) is 0 Å². The molecule has 0 aliphatic heterocycles. The van der Waals surface area contributed by atoms with E-state index in [4.69, 9.17) is 10.5 Å². The highest BCUT2D eigenvalue weighted by Gasteiger charge is 2.13. The van der Waals surface area contributed by atoms with Crippen molar-refractivity contribution in [3.63, 3.8) is 0 Å². The third kappa shape index (κ3) is 3.72. The second kappa shape index (κ2) is 6.98. The average Bonchev–Trinajstić information content (AvgIpc) is 2.38. The van der Waals surface area contributed by atoms with Crippen LogP contribution in [0.25, 0.3) is 0 Å². The van der Waals surface area contributed by atoms with Gasteiger partial charge in [-0.2, -0.15) is 0 Å². The molecule has 4 N–H and O–H groups in total. The van der Waals surface area contributed by atoms with E-state index in [9.17, 15) is 4.79 Å². The first-order valence-electron chi connectivity index (χ1n) is 6.00. The van der Waals surface area contributed by atoms with Crippen molar-refractivity contribution in [3.8, 4) is 5.75 Å². The van der Waals surface area contributed by atoms with Crippen LogP contribution in [0.4, 0.5) is 0 Å². The van der Waals surface area contributed by atoms with E-state index in [1.165, 1.54) is 0 Å².